The van der Waals surface area contributed by atoms with Crippen LogP contribution in [-0.2, 0) is 11.8 Å². The number of hydrogen-bond acceptors (Lipinski definition) is 4. The third-order valence-corrected chi connectivity index (χ3v) is 2.36. The topological polar surface area (TPSA) is 101 Å². The lowest BCUT2D eigenvalue weighted by Gasteiger charge is -2.12. The molecule has 0 aliphatic carbocycles. The second-order valence-electron chi connectivity index (χ2n) is 3.99. The molecule has 0 aliphatic rings. The van der Waals surface area contributed by atoms with E-state index in [-0.39, 0.29) is 23.7 Å². The first kappa shape index (κ1) is 13.9. The van der Waals surface area contributed by atoms with Crippen molar-refractivity contribution in [2.24, 2.45) is 7.05 Å². The number of carbonyl (C=O) groups excluding carboxylic acids is 1. The number of nitrogens with zero attached hydrogens (tertiary/aromatic N) is 2. The van der Waals surface area contributed by atoms with Crippen LogP contribution in [0.25, 0.3) is 0 Å². The SMILES string of the molecule is CC(CCC(=O)O)NC(=O)c1ccc(=O)n(C)n1. The van der Waals surface area contributed by atoms with Crippen molar-refractivity contribution in [3.05, 3.63) is 28.2 Å². The van der Waals surface area contributed by atoms with Crippen LogP contribution in [0.15, 0.2) is 16.9 Å². The minimum absolute atomic E-state index is 0.0118. The van der Waals surface area contributed by atoms with Crippen molar-refractivity contribution in [2.45, 2.75) is 25.8 Å². The number of aliphatic carboxylic acids is 1. The highest BCUT2D eigenvalue weighted by molar-refractivity contribution is 5.92. The average Bonchev–Trinajstić information content (AvgIpc) is 2.30. The zero-order valence-corrected chi connectivity index (χ0v) is 10.2. The number of rotatable bonds is 5. The minimum atomic E-state index is -0.906. The normalized spacial score (nSPS) is 11.9. The average molecular weight is 253 g/mol. The van der Waals surface area contributed by atoms with Gasteiger partial charge in [0.15, 0.2) is 0 Å². The van der Waals surface area contributed by atoms with E-state index in [1.807, 2.05) is 0 Å². The summed E-state index contributed by atoms with van der Waals surface area (Å²) in [6, 6.07) is 2.32. The summed E-state index contributed by atoms with van der Waals surface area (Å²) in [5, 5.41) is 14.9. The van der Waals surface area contributed by atoms with Gasteiger partial charge in [0.25, 0.3) is 11.5 Å². The number of aryl methyl sites for hydroxylation is 1. The fraction of sp³-hybridized carbons (Fsp3) is 0.455. The molecule has 2 N–H and O–H groups in total. The van der Waals surface area contributed by atoms with Gasteiger partial charge in [-0.3, -0.25) is 14.4 Å². The molecule has 7 nitrogen and oxygen atoms in total. The predicted molar refractivity (Wildman–Crippen MR) is 63.3 cm³/mol. The molecule has 1 rings (SSSR count). The largest absolute Gasteiger partial charge is 0.481 e. The molecule has 1 aromatic heterocycles. The van der Waals surface area contributed by atoms with Crippen LogP contribution in [0.3, 0.4) is 0 Å². The Hall–Kier alpha value is -2.18. The number of amides is 1. The standard InChI is InChI=1S/C11H15N3O4/c1-7(3-6-10(16)17)12-11(18)8-4-5-9(15)14(2)13-8/h4-5,7H,3,6H2,1-2H3,(H,12,18)(H,16,17). The molecule has 1 amide bonds. The summed E-state index contributed by atoms with van der Waals surface area (Å²) < 4.78 is 1.07. The van der Waals surface area contributed by atoms with Gasteiger partial charge >= 0.3 is 5.97 Å². The van der Waals surface area contributed by atoms with Gasteiger partial charge in [0, 0.05) is 25.6 Å². The molecule has 1 unspecified atom stereocenters. The quantitative estimate of drug-likeness (QED) is 0.754. The first-order valence-electron chi connectivity index (χ1n) is 5.47. The summed E-state index contributed by atoms with van der Waals surface area (Å²) in [6.45, 7) is 1.71. The molecule has 18 heavy (non-hydrogen) atoms. The van der Waals surface area contributed by atoms with Crippen LogP contribution in [0.4, 0.5) is 0 Å². The summed E-state index contributed by atoms with van der Waals surface area (Å²) >= 11 is 0. The van der Waals surface area contributed by atoms with Crippen molar-refractivity contribution in [3.8, 4) is 0 Å². The van der Waals surface area contributed by atoms with E-state index >= 15 is 0 Å². The lowest BCUT2D eigenvalue weighted by Crippen LogP contribution is -2.34. The third-order valence-electron chi connectivity index (χ3n) is 2.36. The van der Waals surface area contributed by atoms with Crippen LogP contribution in [-0.4, -0.2) is 32.8 Å². The molecule has 1 atom stereocenters. The summed E-state index contributed by atoms with van der Waals surface area (Å²) in [4.78, 5) is 33.2. The number of carboxylic acids is 1. The molecule has 1 aromatic rings. The lowest BCUT2D eigenvalue weighted by atomic mass is 10.2. The molecule has 0 bridgehead atoms. The van der Waals surface area contributed by atoms with Crippen LogP contribution in [0.2, 0.25) is 0 Å². The number of hydrogen-bond donors (Lipinski definition) is 2. The zero-order chi connectivity index (χ0) is 13.7. The summed E-state index contributed by atoms with van der Waals surface area (Å²) in [5.41, 5.74) is -0.176. The van der Waals surface area contributed by atoms with E-state index in [1.54, 1.807) is 6.92 Å². The molecule has 0 spiro atoms. The van der Waals surface area contributed by atoms with Gasteiger partial charge in [-0.1, -0.05) is 0 Å². The smallest absolute Gasteiger partial charge is 0.303 e. The Labute approximate surface area is 103 Å². The predicted octanol–water partition coefficient (Wildman–Crippen LogP) is -0.237. The van der Waals surface area contributed by atoms with E-state index in [2.05, 4.69) is 10.4 Å². The highest BCUT2D eigenvalue weighted by atomic mass is 16.4. The highest BCUT2D eigenvalue weighted by Crippen LogP contribution is 1.98. The van der Waals surface area contributed by atoms with Crippen molar-refractivity contribution in [2.75, 3.05) is 0 Å². The molecule has 0 aliphatic heterocycles. The van der Waals surface area contributed by atoms with Crippen LogP contribution in [0.1, 0.15) is 30.3 Å². The molecular formula is C11H15N3O4. The zero-order valence-electron chi connectivity index (χ0n) is 10.2. The fourth-order valence-electron chi connectivity index (χ4n) is 1.33. The molecule has 0 fully saturated rings. The Morgan fingerprint density at radius 2 is 2.17 bits per heavy atom. The van der Waals surface area contributed by atoms with E-state index in [0.29, 0.717) is 6.42 Å². The lowest BCUT2D eigenvalue weighted by molar-refractivity contribution is -0.137. The van der Waals surface area contributed by atoms with Crippen LogP contribution < -0.4 is 10.9 Å². The molecule has 7 heteroatoms. The Morgan fingerprint density at radius 1 is 1.50 bits per heavy atom. The molecule has 0 saturated heterocycles. The van der Waals surface area contributed by atoms with E-state index in [1.165, 1.54) is 19.2 Å². The van der Waals surface area contributed by atoms with E-state index in [0.717, 1.165) is 4.68 Å². The highest BCUT2D eigenvalue weighted by Gasteiger charge is 2.12. The number of nitrogens with one attached hydrogen (secondary N) is 1. The van der Waals surface area contributed by atoms with Crippen molar-refractivity contribution in [3.63, 3.8) is 0 Å². The number of carboxylic acid groups (broad SMARTS) is 1. The van der Waals surface area contributed by atoms with Crippen LogP contribution >= 0.6 is 0 Å². The second-order valence-corrected chi connectivity index (χ2v) is 3.99. The van der Waals surface area contributed by atoms with Crippen molar-refractivity contribution in [1.82, 2.24) is 15.1 Å². The maximum absolute atomic E-state index is 11.7. The molecule has 1 heterocycles. The third kappa shape index (κ3) is 4.00. The van der Waals surface area contributed by atoms with Gasteiger partial charge in [-0.05, 0) is 19.4 Å². The van der Waals surface area contributed by atoms with Crippen molar-refractivity contribution in [1.29, 1.82) is 0 Å². The summed E-state index contributed by atoms with van der Waals surface area (Å²) in [5.74, 6) is -1.33. The van der Waals surface area contributed by atoms with Gasteiger partial charge in [0.1, 0.15) is 5.69 Å². The molecule has 0 radical (unpaired) electrons. The first-order valence-corrected chi connectivity index (χ1v) is 5.47. The molecular weight excluding hydrogens is 238 g/mol. The number of aromatic nitrogens is 2. The monoisotopic (exact) mass is 253 g/mol. The van der Waals surface area contributed by atoms with Crippen molar-refractivity contribution >= 4 is 11.9 Å². The number of carbonyl (C=O) groups is 2. The van der Waals surface area contributed by atoms with Crippen molar-refractivity contribution < 1.29 is 14.7 Å². The van der Waals surface area contributed by atoms with Crippen LogP contribution in [0.5, 0.6) is 0 Å². The van der Waals surface area contributed by atoms with E-state index < -0.39 is 11.9 Å². The fourth-order valence-corrected chi connectivity index (χ4v) is 1.33. The molecule has 98 valence electrons. The minimum Gasteiger partial charge on any atom is -0.481 e. The van der Waals surface area contributed by atoms with Gasteiger partial charge in [-0.15, -0.1) is 0 Å². The molecule has 0 saturated carbocycles. The van der Waals surface area contributed by atoms with E-state index in [9.17, 15) is 14.4 Å². The Bertz CT molecular complexity index is 509. The summed E-state index contributed by atoms with van der Waals surface area (Å²) in [6.07, 6.45) is 0.328. The van der Waals surface area contributed by atoms with E-state index in [4.69, 9.17) is 5.11 Å². The maximum Gasteiger partial charge on any atom is 0.303 e. The Morgan fingerprint density at radius 3 is 2.72 bits per heavy atom. The van der Waals surface area contributed by atoms with Gasteiger partial charge in [0.05, 0.1) is 0 Å². The Balaban J connectivity index is 2.62. The van der Waals surface area contributed by atoms with Gasteiger partial charge in [-0.25, -0.2) is 4.68 Å². The first-order chi connectivity index (χ1) is 8.40. The molecule has 0 aromatic carbocycles. The van der Waals surface area contributed by atoms with Gasteiger partial charge in [0.2, 0.25) is 0 Å². The maximum atomic E-state index is 11.7. The second kappa shape index (κ2) is 5.95. The summed E-state index contributed by atoms with van der Waals surface area (Å²) in [7, 11) is 1.45. The van der Waals surface area contributed by atoms with Gasteiger partial charge < -0.3 is 10.4 Å². The van der Waals surface area contributed by atoms with Gasteiger partial charge in [-0.2, -0.15) is 5.10 Å². The van der Waals surface area contributed by atoms with Crippen LogP contribution in [0, 0.1) is 0 Å². The Kier molecular flexibility index (Phi) is 4.59.